The minimum atomic E-state index is -0.0472. The molecule has 4 rings (SSSR count). The second kappa shape index (κ2) is 9.43. The lowest BCUT2D eigenvalue weighted by Gasteiger charge is -2.28. The van der Waals surface area contributed by atoms with Gasteiger partial charge in [-0.1, -0.05) is 24.3 Å². The fourth-order valence-electron chi connectivity index (χ4n) is 4.38. The predicted octanol–water partition coefficient (Wildman–Crippen LogP) is 2.27. The Hall–Kier alpha value is -2.67. The molecule has 30 heavy (non-hydrogen) atoms. The molecule has 2 aliphatic heterocycles. The number of hydrogen-bond acceptors (Lipinski definition) is 4. The topological polar surface area (TPSA) is 70.5 Å². The van der Waals surface area contributed by atoms with Crippen molar-refractivity contribution in [3.05, 3.63) is 47.2 Å². The van der Waals surface area contributed by atoms with Crippen molar-refractivity contribution >= 4 is 17.6 Å². The summed E-state index contributed by atoms with van der Waals surface area (Å²) >= 11 is 0. The van der Waals surface area contributed by atoms with Gasteiger partial charge in [-0.25, -0.2) is 4.68 Å². The van der Waals surface area contributed by atoms with Crippen molar-refractivity contribution in [2.24, 2.45) is 0 Å². The van der Waals surface area contributed by atoms with E-state index in [9.17, 15) is 9.59 Å². The molecule has 1 N–H and O–H groups in total. The van der Waals surface area contributed by atoms with Crippen LogP contribution in [0.2, 0.25) is 0 Å². The lowest BCUT2D eigenvalue weighted by atomic mass is 10.00. The SMILES string of the molecule is Cc1cc2n(n1)CCCN2C(=O)CCC(=O)NCCCN1CCc2ccccc2C1. The summed E-state index contributed by atoms with van der Waals surface area (Å²) in [6, 6.07) is 10.6. The zero-order valence-electron chi connectivity index (χ0n) is 17.8. The van der Waals surface area contributed by atoms with Crippen LogP contribution in [0.15, 0.2) is 30.3 Å². The number of hydrogen-bond donors (Lipinski definition) is 1. The number of fused-ring (bicyclic) bond motifs is 2. The number of nitrogens with zero attached hydrogens (tertiary/aromatic N) is 4. The number of benzene rings is 1. The maximum atomic E-state index is 12.6. The van der Waals surface area contributed by atoms with Gasteiger partial charge in [0.1, 0.15) is 5.82 Å². The van der Waals surface area contributed by atoms with Gasteiger partial charge >= 0.3 is 0 Å². The molecule has 0 saturated heterocycles. The molecule has 1 aromatic heterocycles. The van der Waals surface area contributed by atoms with Crippen LogP contribution in [0.25, 0.3) is 0 Å². The largest absolute Gasteiger partial charge is 0.356 e. The molecule has 7 heteroatoms. The number of amides is 2. The zero-order chi connectivity index (χ0) is 20.9. The van der Waals surface area contributed by atoms with Crippen molar-refractivity contribution in [1.29, 1.82) is 0 Å². The summed E-state index contributed by atoms with van der Waals surface area (Å²) in [7, 11) is 0. The minimum absolute atomic E-state index is 0.00187. The maximum absolute atomic E-state index is 12.6. The summed E-state index contributed by atoms with van der Waals surface area (Å²) in [5.74, 6) is 0.805. The van der Waals surface area contributed by atoms with Gasteiger partial charge in [0.2, 0.25) is 11.8 Å². The van der Waals surface area contributed by atoms with Gasteiger partial charge in [-0.05, 0) is 37.3 Å². The standard InChI is InChI=1S/C23H31N5O2/c1-18-16-22-27(13-5-14-28(22)25-18)23(30)9-8-21(29)24-11-4-12-26-15-10-19-6-2-3-7-20(19)17-26/h2-3,6-7,16H,4-5,8-15,17H2,1H3,(H,24,29). The molecule has 0 bridgehead atoms. The Morgan fingerprint density at radius 2 is 1.93 bits per heavy atom. The summed E-state index contributed by atoms with van der Waals surface area (Å²) in [6.07, 6.45) is 3.39. The van der Waals surface area contributed by atoms with Crippen molar-refractivity contribution in [2.75, 3.05) is 31.1 Å². The van der Waals surface area contributed by atoms with Crippen molar-refractivity contribution < 1.29 is 9.59 Å². The maximum Gasteiger partial charge on any atom is 0.228 e. The summed E-state index contributed by atoms with van der Waals surface area (Å²) in [5, 5.41) is 7.39. The van der Waals surface area contributed by atoms with Crippen LogP contribution in [0.4, 0.5) is 5.82 Å². The molecule has 0 spiro atoms. The zero-order valence-corrected chi connectivity index (χ0v) is 17.8. The molecule has 7 nitrogen and oxygen atoms in total. The van der Waals surface area contributed by atoms with E-state index in [1.807, 2.05) is 17.7 Å². The molecular formula is C23H31N5O2. The molecule has 0 unspecified atom stereocenters. The number of aromatic nitrogens is 2. The van der Waals surface area contributed by atoms with E-state index in [0.29, 0.717) is 13.1 Å². The number of rotatable bonds is 7. The highest BCUT2D eigenvalue weighted by molar-refractivity contribution is 5.95. The predicted molar refractivity (Wildman–Crippen MR) is 116 cm³/mol. The van der Waals surface area contributed by atoms with Crippen LogP contribution >= 0.6 is 0 Å². The third-order valence-electron chi connectivity index (χ3n) is 5.96. The number of nitrogens with one attached hydrogen (secondary N) is 1. The number of carbonyl (C=O) groups excluding carboxylic acids is 2. The highest BCUT2D eigenvalue weighted by Crippen LogP contribution is 2.22. The summed E-state index contributed by atoms with van der Waals surface area (Å²) in [4.78, 5) is 29.0. The van der Waals surface area contributed by atoms with Gasteiger partial charge < -0.3 is 5.32 Å². The fourth-order valence-corrected chi connectivity index (χ4v) is 4.38. The summed E-state index contributed by atoms with van der Waals surface area (Å²) < 4.78 is 1.88. The lowest BCUT2D eigenvalue weighted by molar-refractivity contribution is -0.125. The lowest BCUT2D eigenvalue weighted by Crippen LogP contribution is -2.38. The quantitative estimate of drug-likeness (QED) is 0.713. The van der Waals surface area contributed by atoms with E-state index in [0.717, 1.165) is 57.0 Å². The molecule has 1 aromatic carbocycles. The van der Waals surface area contributed by atoms with E-state index in [1.165, 1.54) is 11.1 Å². The van der Waals surface area contributed by atoms with Crippen LogP contribution in [0.1, 0.15) is 42.5 Å². The number of aryl methyl sites for hydroxylation is 2. The summed E-state index contributed by atoms with van der Waals surface area (Å²) in [5.41, 5.74) is 3.79. The molecule has 3 heterocycles. The molecule has 0 aliphatic carbocycles. The van der Waals surface area contributed by atoms with Gasteiger partial charge in [0.25, 0.3) is 0 Å². The van der Waals surface area contributed by atoms with Crippen LogP contribution in [0.5, 0.6) is 0 Å². The Kier molecular flexibility index (Phi) is 6.47. The fraction of sp³-hybridized carbons (Fsp3) is 0.522. The summed E-state index contributed by atoms with van der Waals surface area (Å²) in [6.45, 7) is 7.17. The first kappa shape index (κ1) is 20.6. The first-order valence-corrected chi connectivity index (χ1v) is 11.0. The molecule has 0 saturated carbocycles. The highest BCUT2D eigenvalue weighted by atomic mass is 16.2. The van der Waals surface area contributed by atoms with Gasteiger partial charge in [-0.2, -0.15) is 5.10 Å². The van der Waals surface area contributed by atoms with Crippen LogP contribution in [0, 0.1) is 6.92 Å². The van der Waals surface area contributed by atoms with E-state index >= 15 is 0 Å². The Morgan fingerprint density at radius 3 is 2.80 bits per heavy atom. The first-order chi connectivity index (χ1) is 14.6. The van der Waals surface area contributed by atoms with Gasteiger partial charge in [0, 0.05) is 58.2 Å². The molecule has 0 atom stereocenters. The average Bonchev–Trinajstić information content (AvgIpc) is 3.15. The van der Waals surface area contributed by atoms with Crippen molar-refractivity contribution in [3.63, 3.8) is 0 Å². The van der Waals surface area contributed by atoms with Gasteiger partial charge in [0.15, 0.2) is 0 Å². The molecule has 0 fully saturated rings. The number of anilines is 1. The molecule has 160 valence electrons. The van der Waals surface area contributed by atoms with Crippen LogP contribution in [-0.4, -0.2) is 52.7 Å². The van der Waals surface area contributed by atoms with E-state index < -0.39 is 0 Å². The van der Waals surface area contributed by atoms with E-state index in [1.54, 1.807) is 4.90 Å². The molecular weight excluding hydrogens is 378 g/mol. The normalized spacial score (nSPS) is 16.1. The van der Waals surface area contributed by atoms with E-state index in [-0.39, 0.29) is 24.7 Å². The smallest absolute Gasteiger partial charge is 0.228 e. The Balaban J connectivity index is 1.14. The van der Waals surface area contributed by atoms with E-state index in [2.05, 4.69) is 39.6 Å². The van der Waals surface area contributed by atoms with Gasteiger partial charge in [-0.3, -0.25) is 19.4 Å². The van der Waals surface area contributed by atoms with Crippen LogP contribution in [0.3, 0.4) is 0 Å². The first-order valence-electron chi connectivity index (χ1n) is 11.0. The van der Waals surface area contributed by atoms with Crippen molar-refractivity contribution in [2.45, 2.75) is 52.1 Å². The monoisotopic (exact) mass is 409 g/mol. The second-order valence-electron chi connectivity index (χ2n) is 8.26. The molecule has 2 aromatic rings. The van der Waals surface area contributed by atoms with Crippen molar-refractivity contribution in [1.82, 2.24) is 20.0 Å². The highest BCUT2D eigenvalue weighted by Gasteiger charge is 2.24. The third-order valence-corrected chi connectivity index (χ3v) is 5.96. The Bertz CT molecular complexity index is 907. The van der Waals surface area contributed by atoms with E-state index in [4.69, 9.17) is 0 Å². The molecule has 2 amide bonds. The van der Waals surface area contributed by atoms with Gasteiger partial charge in [0.05, 0.1) is 5.69 Å². The van der Waals surface area contributed by atoms with Crippen molar-refractivity contribution in [3.8, 4) is 0 Å². The van der Waals surface area contributed by atoms with Gasteiger partial charge in [-0.15, -0.1) is 0 Å². The second-order valence-corrected chi connectivity index (χ2v) is 8.26. The number of carbonyl (C=O) groups is 2. The minimum Gasteiger partial charge on any atom is -0.356 e. The van der Waals surface area contributed by atoms with Crippen LogP contribution in [-0.2, 0) is 29.1 Å². The third kappa shape index (κ3) is 4.90. The van der Waals surface area contributed by atoms with Crippen LogP contribution < -0.4 is 10.2 Å². The molecule has 0 radical (unpaired) electrons. The average molecular weight is 410 g/mol. The Morgan fingerprint density at radius 1 is 1.10 bits per heavy atom. The Labute approximate surface area is 178 Å². The molecule has 2 aliphatic rings.